The van der Waals surface area contributed by atoms with Crippen molar-refractivity contribution in [2.75, 3.05) is 11.5 Å². The molecule has 0 amide bonds. The number of hydrogen-bond donors (Lipinski definition) is 2. The maximum atomic E-state index is 5.88. The Morgan fingerprint density at radius 2 is 1.75 bits per heavy atom. The molecule has 1 aromatic heterocycles. The van der Waals surface area contributed by atoms with Gasteiger partial charge in [-0.15, -0.1) is 0 Å². The molecule has 20 heavy (non-hydrogen) atoms. The highest BCUT2D eigenvalue weighted by Crippen LogP contribution is 2.18. The maximum Gasteiger partial charge on any atom is 0.222 e. The molecule has 0 bridgehead atoms. The van der Waals surface area contributed by atoms with Crippen LogP contribution in [-0.4, -0.2) is 9.97 Å². The summed E-state index contributed by atoms with van der Waals surface area (Å²) in [4.78, 5) is 8.01. The van der Waals surface area contributed by atoms with Gasteiger partial charge in [0.15, 0.2) is 0 Å². The van der Waals surface area contributed by atoms with Gasteiger partial charge in [0.2, 0.25) is 5.95 Å². The van der Waals surface area contributed by atoms with E-state index in [-0.39, 0.29) is 5.95 Å². The van der Waals surface area contributed by atoms with Gasteiger partial charge in [-0.25, -0.2) is 4.98 Å². The summed E-state index contributed by atoms with van der Waals surface area (Å²) in [6, 6.07) is 10.2. The van der Waals surface area contributed by atoms with Crippen LogP contribution in [0.5, 0.6) is 0 Å². The lowest BCUT2D eigenvalue weighted by atomic mass is 10.0. The first-order valence-electron chi connectivity index (χ1n) is 6.31. The average Bonchev–Trinajstić information content (AvgIpc) is 2.42. The molecule has 2 rings (SSSR count). The first-order chi connectivity index (χ1) is 9.49. The van der Waals surface area contributed by atoms with Gasteiger partial charge in [0, 0.05) is 5.22 Å². The summed E-state index contributed by atoms with van der Waals surface area (Å²) in [5.74, 6) is 0.494. The van der Waals surface area contributed by atoms with E-state index in [2.05, 4.69) is 35.6 Å². The van der Waals surface area contributed by atoms with Crippen LogP contribution in [-0.2, 0) is 0 Å². The lowest BCUT2D eigenvalue weighted by molar-refractivity contribution is 1.13. The Morgan fingerprint density at radius 1 is 1.10 bits per heavy atom. The van der Waals surface area contributed by atoms with E-state index in [0.29, 0.717) is 16.4 Å². The van der Waals surface area contributed by atoms with Crippen molar-refractivity contribution in [1.29, 1.82) is 0 Å². The molecule has 0 fully saturated rings. The second-order valence-electron chi connectivity index (χ2n) is 4.65. The van der Waals surface area contributed by atoms with Crippen molar-refractivity contribution in [2.45, 2.75) is 13.8 Å². The second kappa shape index (κ2) is 5.57. The molecule has 4 heteroatoms. The molecule has 0 saturated heterocycles. The van der Waals surface area contributed by atoms with Crippen LogP contribution in [0, 0.1) is 0 Å². The van der Waals surface area contributed by atoms with Crippen molar-refractivity contribution >= 4 is 30.0 Å². The summed E-state index contributed by atoms with van der Waals surface area (Å²) in [6.07, 6.45) is 1.94. The highest BCUT2D eigenvalue weighted by Gasteiger charge is 2.01. The van der Waals surface area contributed by atoms with E-state index >= 15 is 0 Å². The molecule has 4 N–H and O–H groups in total. The van der Waals surface area contributed by atoms with Gasteiger partial charge >= 0.3 is 0 Å². The Bertz CT molecular complexity index is 761. The summed E-state index contributed by atoms with van der Waals surface area (Å²) in [6.45, 7) is 7.96. The minimum absolute atomic E-state index is 0.145. The van der Waals surface area contributed by atoms with E-state index in [9.17, 15) is 0 Å². The Hall–Kier alpha value is -2.62. The number of allylic oxidation sites excluding steroid dienone is 2. The quantitative estimate of drug-likeness (QED) is 0.859. The zero-order valence-electron chi connectivity index (χ0n) is 11.7. The SMILES string of the molecule is C=c1nc(N)nc(N)/c1=C/C(C)=C(\C)c1ccccc1. The minimum atomic E-state index is 0.145. The van der Waals surface area contributed by atoms with Crippen molar-refractivity contribution in [1.82, 2.24) is 9.97 Å². The fraction of sp³-hybridized carbons (Fsp3) is 0.125. The van der Waals surface area contributed by atoms with Crippen LogP contribution < -0.4 is 22.0 Å². The molecule has 102 valence electrons. The topological polar surface area (TPSA) is 77.8 Å². The van der Waals surface area contributed by atoms with E-state index in [0.717, 1.165) is 5.57 Å². The number of benzene rings is 1. The monoisotopic (exact) mass is 266 g/mol. The number of nitrogens with two attached hydrogens (primary N) is 2. The first-order valence-corrected chi connectivity index (χ1v) is 6.31. The summed E-state index contributed by atoms with van der Waals surface area (Å²) in [7, 11) is 0. The van der Waals surface area contributed by atoms with Gasteiger partial charge in [0.1, 0.15) is 5.82 Å². The summed E-state index contributed by atoms with van der Waals surface area (Å²) >= 11 is 0. The van der Waals surface area contributed by atoms with Crippen molar-refractivity contribution in [3.63, 3.8) is 0 Å². The highest BCUT2D eigenvalue weighted by atomic mass is 15.0. The van der Waals surface area contributed by atoms with Crippen molar-refractivity contribution in [2.24, 2.45) is 0 Å². The molecule has 0 spiro atoms. The van der Waals surface area contributed by atoms with E-state index < -0.39 is 0 Å². The third-order valence-corrected chi connectivity index (χ3v) is 3.23. The third kappa shape index (κ3) is 2.85. The Morgan fingerprint density at radius 3 is 2.35 bits per heavy atom. The Labute approximate surface area is 118 Å². The Kier molecular flexibility index (Phi) is 3.84. The van der Waals surface area contributed by atoms with Gasteiger partial charge in [-0.3, -0.25) is 0 Å². The number of rotatable bonds is 2. The van der Waals surface area contributed by atoms with Crippen molar-refractivity contribution < 1.29 is 0 Å². The van der Waals surface area contributed by atoms with Gasteiger partial charge in [-0.1, -0.05) is 36.9 Å². The lowest BCUT2D eigenvalue weighted by Gasteiger charge is -2.05. The molecule has 2 aromatic rings. The van der Waals surface area contributed by atoms with Gasteiger partial charge in [0.05, 0.1) is 5.35 Å². The maximum absolute atomic E-state index is 5.88. The van der Waals surface area contributed by atoms with Gasteiger partial charge in [-0.2, -0.15) is 4.98 Å². The zero-order valence-corrected chi connectivity index (χ0v) is 11.7. The Balaban J connectivity index is 2.59. The molecule has 0 atom stereocenters. The third-order valence-electron chi connectivity index (χ3n) is 3.23. The molecular formula is C16H18N4. The van der Waals surface area contributed by atoms with Crippen molar-refractivity contribution in [3.8, 4) is 0 Å². The normalized spacial score (nSPS) is 13.2. The van der Waals surface area contributed by atoms with Gasteiger partial charge in [0.25, 0.3) is 0 Å². The molecular weight excluding hydrogens is 248 g/mol. The fourth-order valence-electron chi connectivity index (χ4n) is 1.95. The van der Waals surface area contributed by atoms with Crippen molar-refractivity contribution in [3.05, 3.63) is 52.0 Å². The first kappa shape index (κ1) is 13.8. The second-order valence-corrected chi connectivity index (χ2v) is 4.65. The standard InChI is InChI=1S/C16H18N4/c1-10(11(2)13-7-5-4-6-8-13)9-14-12(3)19-16(18)20-15(14)17/h4-9H,3H2,1-2H3,(H4,17,18,19,20)/b11-10+,14-9+. The predicted octanol–water partition coefficient (Wildman–Crippen LogP) is 1.33. The smallest absolute Gasteiger partial charge is 0.222 e. The largest absolute Gasteiger partial charge is 0.383 e. The summed E-state index contributed by atoms with van der Waals surface area (Å²) in [5.41, 5.74) is 14.8. The van der Waals surface area contributed by atoms with Gasteiger partial charge < -0.3 is 11.5 Å². The molecule has 0 aliphatic carbocycles. The van der Waals surface area contributed by atoms with Crippen LogP contribution in [0.2, 0.25) is 0 Å². The summed E-state index contributed by atoms with van der Waals surface area (Å²) < 4.78 is 0. The molecule has 0 aliphatic rings. The minimum Gasteiger partial charge on any atom is -0.383 e. The van der Waals surface area contributed by atoms with Crippen LogP contribution in [0.3, 0.4) is 0 Å². The van der Waals surface area contributed by atoms with Crippen LogP contribution in [0.15, 0.2) is 35.9 Å². The average molecular weight is 266 g/mol. The predicted molar refractivity (Wildman–Crippen MR) is 84.8 cm³/mol. The van der Waals surface area contributed by atoms with Gasteiger partial charge in [-0.05, 0) is 36.6 Å². The molecule has 0 aliphatic heterocycles. The van der Waals surface area contributed by atoms with E-state index in [1.54, 1.807) is 0 Å². The van der Waals surface area contributed by atoms with E-state index in [1.165, 1.54) is 11.1 Å². The molecule has 0 radical (unpaired) electrons. The molecule has 1 aromatic carbocycles. The number of hydrogen-bond acceptors (Lipinski definition) is 4. The highest BCUT2D eigenvalue weighted by molar-refractivity contribution is 5.74. The van der Waals surface area contributed by atoms with Crippen LogP contribution in [0.1, 0.15) is 19.4 Å². The molecule has 4 nitrogen and oxygen atoms in total. The van der Waals surface area contributed by atoms with Crippen LogP contribution in [0.25, 0.3) is 18.2 Å². The van der Waals surface area contributed by atoms with Crippen LogP contribution >= 0.6 is 0 Å². The fourth-order valence-corrected chi connectivity index (χ4v) is 1.95. The lowest BCUT2D eigenvalue weighted by Crippen LogP contribution is -2.32. The van der Waals surface area contributed by atoms with E-state index in [1.807, 2.05) is 31.2 Å². The summed E-state index contributed by atoms with van der Waals surface area (Å²) in [5, 5.41) is 1.25. The number of aromatic nitrogens is 2. The molecule has 1 heterocycles. The number of nitrogens with zero attached hydrogens (tertiary/aromatic N) is 2. The molecule has 0 saturated carbocycles. The zero-order chi connectivity index (χ0) is 14.7. The number of anilines is 2. The molecule has 0 unspecified atom stereocenters. The number of nitrogen functional groups attached to an aromatic ring is 2. The van der Waals surface area contributed by atoms with E-state index in [4.69, 9.17) is 11.5 Å². The van der Waals surface area contributed by atoms with Crippen LogP contribution in [0.4, 0.5) is 11.8 Å².